The summed E-state index contributed by atoms with van der Waals surface area (Å²) < 4.78 is 5.60. The van der Waals surface area contributed by atoms with Crippen molar-refractivity contribution >= 4 is 18.0 Å². The predicted octanol–water partition coefficient (Wildman–Crippen LogP) is 4.26. The number of aliphatic carboxylic acids is 1. The van der Waals surface area contributed by atoms with Crippen LogP contribution in [-0.4, -0.2) is 53.7 Å². The van der Waals surface area contributed by atoms with E-state index in [2.05, 4.69) is 17.4 Å². The van der Waals surface area contributed by atoms with Crippen LogP contribution < -0.4 is 5.32 Å². The summed E-state index contributed by atoms with van der Waals surface area (Å²) in [5.41, 5.74) is 4.49. The number of ether oxygens (including phenoxy) is 1. The van der Waals surface area contributed by atoms with Gasteiger partial charge in [-0.25, -0.2) is 4.79 Å². The first-order valence-electron chi connectivity index (χ1n) is 11.5. The van der Waals surface area contributed by atoms with Crippen molar-refractivity contribution in [3.63, 3.8) is 0 Å². The Morgan fingerprint density at radius 3 is 2.12 bits per heavy atom. The third kappa shape index (κ3) is 5.53. The molecule has 0 aromatic heterocycles. The molecule has 0 spiro atoms. The molecule has 1 aliphatic rings. The molecule has 0 radical (unpaired) electrons. The van der Waals surface area contributed by atoms with E-state index in [0.29, 0.717) is 19.4 Å². The minimum Gasteiger partial charge on any atom is -0.480 e. The van der Waals surface area contributed by atoms with Gasteiger partial charge in [-0.15, -0.1) is 0 Å². The first-order chi connectivity index (χ1) is 15.9. The summed E-state index contributed by atoms with van der Waals surface area (Å²) in [6.45, 7) is 5.72. The normalized spacial score (nSPS) is 14.0. The second-order valence-electron chi connectivity index (χ2n) is 8.49. The summed E-state index contributed by atoms with van der Waals surface area (Å²) in [6, 6.07) is 15.3. The van der Waals surface area contributed by atoms with Crippen LogP contribution >= 0.6 is 0 Å². The topological polar surface area (TPSA) is 95.9 Å². The van der Waals surface area contributed by atoms with Crippen LogP contribution in [0, 0.1) is 5.92 Å². The van der Waals surface area contributed by atoms with Gasteiger partial charge in [0, 0.05) is 12.5 Å². The Labute approximate surface area is 194 Å². The number of amides is 2. The van der Waals surface area contributed by atoms with Crippen molar-refractivity contribution in [1.82, 2.24) is 10.2 Å². The van der Waals surface area contributed by atoms with Crippen LogP contribution in [0.15, 0.2) is 48.5 Å². The molecule has 176 valence electrons. The summed E-state index contributed by atoms with van der Waals surface area (Å²) in [5, 5.41) is 11.9. The highest BCUT2D eigenvalue weighted by Crippen LogP contribution is 2.44. The Bertz CT molecular complexity index is 960. The third-order valence-electron chi connectivity index (χ3n) is 6.23. The molecule has 0 heterocycles. The molecule has 1 aliphatic carbocycles. The molecular weight excluding hydrogens is 420 g/mol. The van der Waals surface area contributed by atoms with Crippen molar-refractivity contribution in [1.29, 1.82) is 0 Å². The smallest absolute Gasteiger partial charge is 0.407 e. The van der Waals surface area contributed by atoms with Crippen LogP contribution in [0.25, 0.3) is 11.1 Å². The van der Waals surface area contributed by atoms with E-state index in [1.807, 2.05) is 57.2 Å². The van der Waals surface area contributed by atoms with E-state index in [-0.39, 0.29) is 18.4 Å². The van der Waals surface area contributed by atoms with Gasteiger partial charge in [-0.2, -0.15) is 0 Å². The van der Waals surface area contributed by atoms with Crippen molar-refractivity contribution in [3.05, 3.63) is 59.7 Å². The number of benzene rings is 2. The number of fused-ring (bicyclic) bond motifs is 3. The molecule has 0 bridgehead atoms. The van der Waals surface area contributed by atoms with E-state index >= 15 is 0 Å². The van der Waals surface area contributed by atoms with Crippen LogP contribution in [0.2, 0.25) is 0 Å². The second-order valence-corrected chi connectivity index (χ2v) is 8.49. The summed E-state index contributed by atoms with van der Waals surface area (Å²) >= 11 is 0. The van der Waals surface area contributed by atoms with Crippen LogP contribution in [-0.2, 0) is 14.3 Å². The van der Waals surface area contributed by atoms with Gasteiger partial charge in [0.05, 0.1) is 0 Å². The van der Waals surface area contributed by atoms with Crippen LogP contribution in [0.1, 0.15) is 50.7 Å². The molecule has 2 aromatic rings. The molecule has 2 aromatic carbocycles. The predicted molar refractivity (Wildman–Crippen MR) is 126 cm³/mol. The number of hydrogen-bond acceptors (Lipinski definition) is 4. The van der Waals surface area contributed by atoms with Crippen molar-refractivity contribution in [2.45, 2.75) is 45.6 Å². The van der Waals surface area contributed by atoms with Gasteiger partial charge in [0.2, 0.25) is 5.91 Å². The number of nitrogens with zero attached hydrogens (tertiary/aromatic N) is 1. The van der Waals surface area contributed by atoms with E-state index in [9.17, 15) is 19.5 Å². The van der Waals surface area contributed by atoms with Crippen molar-refractivity contribution in [2.24, 2.45) is 5.92 Å². The van der Waals surface area contributed by atoms with Gasteiger partial charge in [-0.05, 0) is 34.6 Å². The second kappa shape index (κ2) is 11.0. The zero-order valence-electron chi connectivity index (χ0n) is 19.4. The molecule has 3 rings (SSSR count). The molecule has 7 heteroatoms. The Morgan fingerprint density at radius 2 is 1.61 bits per heavy atom. The largest absolute Gasteiger partial charge is 0.480 e. The van der Waals surface area contributed by atoms with Gasteiger partial charge in [0.25, 0.3) is 0 Å². The molecule has 2 N–H and O–H groups in total. The standard InChI is InChI=1S/C26H32N2O5/c1-4-14-28(15-23(29)30)25(31)24(17(3)5-2)27-26(32)33-16-22-20-12-8-6-10-18(20)19-11-7-9-13-21(19)22/h6-13,17,22,24H,4-5,14-16H2,1-3H3,(H,27,32)(H,29,30). The molecule has 0 fully saturated rings. The number of carboxylic acids is 1. The van der Waals surface area contributed by atoms with Gasteiger partial charge >= 0.3 is 12.1 Å². The lowest BCUT2D eigenvalue weighted by molar-refractivity contribution is -0.145. The molecule has 7 nitrogen and oxygen atoms in total. The minimum absolute atomic E-state index is 0.0792. The lowest BCUT2D eigenvalue weighted by Crippen LogP contribution is -2.53. The van der Waals surface area contributed by atoms with Crippen molar-refractivity contribution in [2.75, 3.05) is 19.7 Å². The number of carbonyl (C=O) groups excluding carboxylic acids is 2. The quantitative estimate of drug-likeness (QED) is 0.561. The Morgan fingerprint density at radius 1 is 1.03 bits per heavy atom. The summed E-state index contributed by atoms with van der Waals surface area (Å²) in [7, 11) is 0. The number of nitrogens with one attached hydrogen (secondary N) is 1. The lowest BCUT2D eigenvalue weighted by atomic mass is 9.97. The summed E-state index contributed by atoms with van der Waals surface area (Å²) in [6.07, 6.45) is 0.590. The molecule has 2 atom stereocenters. The molecule has 0 saturated carbocycles. The van der Waals surface area contributed by atoms with E-state index in [4.69, 9.17) is 4.74 Å². The van der Waals surface area contributed by atoms with E-state index < -0.39 is 30.6 Å². The van der Waals surface area contributed by atoms with Gasteiger partial charge < -0.3 is 20.1 Å². The maximum Gasteiger partial charge on any atom is 0.407 e. The van der Waals surface area contributed by atoms with Gasteiger partial charge in [0.15, 0.2) is 0 Å². The molecular formula is C26H32N2O5. The van der Waals surface area contributed by atoms with Crippen molar-refractivity contribution < 1.29 is 24.2 Å². The van der Waals surface area contributed by atoms with E-state index in [0.717, 1.165) is 22.3 Å². The van der Waals surface area contributed by atoms with E-state index in [1.54, 1.807) is 0 Å². The first-order valence-corrected chi connectivity index (χ1v) is 11.5. The highest BCUT2D eigenvalue weighted by molar-refractivity contribution is 5.88. The van der Waals surface area contributed by atoms with Crippen LogP contribution in [0.3, 0.4) is 0 Å². The molecule has 2 unspecified atom stereocenters. The van der Waals surface area contributed by atoms with Gasteiger partial charge in [0.1, 0.15) is 19.2 Å². The highest BCUT2D eigenvalue weighted by Gasteiger charge is 2.33. The molecule has 0 saturated heterocycles. The SMILES string of the molecule is CCCN(CC(=O)O)C(=O)C(NC(=O)OCC1c2ccccc2-c2ccccc21)C(C)CC. The Balaban J connectivity index is 1.71. The van der Waals surface area contributed by atoms with Crippen LogP contribution in [0.4, 0.5) is 4.79 Å². The molecule has 0 aliphatic heterocycles. The number of rotatable bonds is 10. The van der Waals surface area contributed by atoms with E-state index in [1.165, 1.54) is 4.90 Å². The fraction of sp³-hybridized carbons (Fsp3) is 0.423. The highest BCUT2D eigenvalue weighted by atomic mass is 16.5. The number of carbonyl (C=O) groups is 3. The third-order valence-corrected chi connectivity index (χ3v) is 6.23. The van der Waals surface area contributed by atoms with Gasteiger partial charge in [-0.3, -0.25) is 9.59 Å². The maximum atomic E-state index is 13.1. The zero-order valence-corrected chi connectivity index (χ0v) is 19.4. The Hall–Kier alpha value is -3.35. The van der Waals surface area contributed by atoms with Crippen LogP contribution in [0.5, 0.6) is 0 Å². The number of alkyl carbamates (subject to hydrolysis) is 1. The monoisotopic (exact) mass is 452 g/mol. The fourth-order valence-corrected chi connectivity index (χ4v) is 4.35. The summed E-state index contributed by atoms with van der Waals surface area (Å²) in [5.74, 6) is -1.74. The number of carboxylic acid groups (broad SMARTS) is 1. The summed E-state index contributed by atoms with van der Waals surface area (Å²) in [4.78, 5) is 38.3. The average molecular weight is 453 g/mol. The van der Waals surface area contributed by atoms with Gasteiger partial charge in [-0.1, -0.05) is 75.7 Å². The molecule has 33 heavy (non-hydrogen) atoms. The maximum absolute atomic E-state index is 13.1. The minimum atomic E-state index is -1.08. The molecule has 2 amide bonds. The first kappa shape index (κ1) is 24.3. The average Bonchev–Trinajstić information content (AvgIpc) is 3.13. The van der Waals surface area contributed by atoms with Crippen molar-refractivity contribution in [3.8, 4) is 11.1 Å². The lowest BCUT2D eigenvalue weighted by Gasteiger charge is -2.29. The zero-order chi connectivity index (χ0) is 24.0. The fourth-order valence-electron chi connectivity index (χ4n) is 4.35. The number of hydrogen-bond donors (Lipinski definition) is 2. The Kier molecular flexibility index (Phi) is 8.09.